The van der Waals surface area contributed by atoms with E-state index in [2.05, 4.69) is 17.2 Å². The highest BCUT2D eigenvalue weighted by Gasteiger charge is 2.32. The average molecular weight is 473 g/mol. The van der Waals surface area contributed by atoms with E-state index in [-0.39, 0.29) is 17.6 Å². The molecule has 2 aliphatic heterocycles. The Bertz CT molecular complexity index is 1120. The smallest absolute Gasteiger partial charge is 0.267 e. The van der Waals surface area contributed by atoms with Crippen molar-refractivity contribution in [2.24, 2.45) is 0 Å². The number of hydrogen-bond acceptors (Lipinski definition) is 7. The van der Waals surface area contributed by atoms with Crippen molar-refractivity contribution < 1.29 is 9.53 Å². The molecule has 2 fully saturated rings. The van der Waals surface area contributed by atoms with Gasteiger partial charge >= 0.3 is 0 Å². The number of unbranched alkanes of at least 4 members (excludes halogenated alkanes) is 2. The molecule has 2 aromatic rings. The second kappa shape index (κ2) is 10.1. The van der Waals surface area contributed by atoms with Gasteiger partial charge in [0.1, 0.15) is 15.8 Å². The molecule has 170 valence electrons. The predicted molar refractivity (Wildman–Crippen MR) is 133 cm³/mol. The number of anilines is 1. The van der Waals surface area contributed by atoms with Crippen LogP contribution in [0.4, 0.5) is 5.82 Å². The van der Waals surface area contributed by atoms with Crippen molar-refractivity contribution >= 4 is 51.7 Å². The van der Waals surface area contributed by atoms with Gasteiger partial charge in [-0.1, -0.05) is 49.8 Å². The Balaban J connectivity index is 1.70. The molecule has 1 unspecified atom stereocenters. The van der Waals surface area contributed by atoms with Crippen LogP contribution in [0.15, 0.2) is 28.0 Å². The summed E-state index contributed by atoms with van der Waals surface area (Å²) in [5.41, 5.74) is 1.65. The van der Waals surface area contributed by atoms with Crippen LogP contribution in [0.5, 0.6) is 0 Å². The topological polar surface area (TPSA) is 75.9 Å². The Morgan fingerprint density at radius 3 is 2.94 bits per heavy atom. The normalized spacial score (nSPS) is 20.1. The number of fused-ring (bicyclic) bond motifs is 1. The van der Waals surface area contributed by atoms with Crippen molar-refractivity contribution in [1.82, 2.24) is 14.3 Å². The summed E-state index contributed by atoms with van der Waals surface area (Å²) in [5.74, 6) is 0.320. The minimum atomic E-state index is -0.218. The maximum atomic E-state index is 13.4. The van der Waals surface area contributed by atoms with Crippen molar-refractivity contribution in [3.05, 3.63) is 44.7 Å². The van der Waals surface area contributed by atoms with E-state index in [1.807, 2.05) is 19.1 Å². The Labute approximate surface area is 197 Å². The second-order valence-corrected chi connectivity index (χ2v) is 9.85. The zero-order chi connectivity index (χ0) is 22.7. The highest BCUT2D eigenvalue weighted by Crippen LogP contribution is 2.33. The lowest BCUT2D eigenvalue weighted by Gasteiger charge is -2.15. The van der Waals surface area contributed by atoms with E-state index in [9.17, 15) is 9.59 Å². The first-order valence-electron chi connectivity index (χ1n) is 11.1. The number of amides is 1. The lowest BCUT2D eigenvalue weighted by Crippen LogP contribution is -2.29. The van der Waals surface area contributed by atoms with E-state index in [4.69, 9.17) is 17.0 Å². The third-order valence-electron chi connectivity index (χ3n) is 5.66. The van der Waals surface area contributed by atoms with Gasteiger partial charge in [-0.2, -0.15) is 0 Å². The number of aromatic nitrogens is 2. The molecule has 0 radical (unpaired) electrons. The lowest BCUT2D eigenvalue weighted by molar-refractivity contribution is -0.122. The van der Waals surface area contributed by atoms with Crippen LogP contribution in [0.1, 0.15) is 50.2 Å². The molecule has 7 nitrogen and oxygen atoms in total. The first-order chi connectivity index (χ1) is 15.5. The summed E-state index contributed by atoms with van der Waals surface area (Å²) in [6, 6.07) is 3.75. The Morgan fingerprint density at radius 1 is 1.34 bits per heavy atom. The molecule has 4 heterocycles. The molecular weight excluding hydrogens is 444 g/mol. The number of carbonyl (C=O) groups excluding carboxylic acids is 1. The summed E-state index contributed by atoms with van der Waals surface area (Å²) < 4.78 is 7.77. The van der Waals surface area contributed by atoms with Crippen LogP contribution in [0.25, 0.3) is 11.7 Å². The van der Waals surface area contributed by atoms with Gasteiger partial charge in [-0.15, -0.1) is 0 Å². The van der Waals surface area contributed by atoms with Gasteiger partial charge in [-0.05, 0) is 43.9 Å². The molecule has 0 spiro atoms. The van der Waals surface area contributed by atoms with Crippen LogP contribution in [0.3, 0.4) is 0 Å². The monoisotopic (exact) mass is 472 g/mol. The second-order valence-electron chi connectivity index (χ2n) is 8.17. The number of pyridine rings is 1. The predicted octanol–water partition coefficient (Wildman–Crippen LogP) is 3.99. The molecule has 0 aromatic carbocycles. The fourth-order valence-electron chi connectivity index (χ4n) is 3.88. The quantitative estimate of drug-likeness (QED) is 0.354. The van der Waals surface area contributed by atoms with E-state index in [1.54, 1.807) is 17.2 Å². The number of ether oxygens (including phenoxy) is 1. The molecular formula is C23H28N4O3S2. The number of rotatable bonds is 8. The van der Waals surface area contributed by atoms with E-state index in [1.165, 1.54) is 16.2 Å². The number of hydrogen-bond donors (Lipinski definition) is 1. The molecule has 1 atom stereocenters. The van der Waals surface area contributed by atoms with Crippen LogP contribution in [0.2, 0.25) is 0 Å². The fraction of sp³-hybridized carbons (Fsp3) is 0.478. The molecule has 2 aromatic heterocycles. The van der Waals surface area contributed by atoms with Gasteiger partial charge in [0, 0.05) is 25.9 Å². The summed E-state index contributed by atoms with van der Waals surface area (Å²) in [6.45, 7) is 5.97. The van der Waals surface area contributed by atoms with Crippen molar-refractivity contribution in [3.8, 4) is 0 Å². The number of thioether (sulfide) groups is 1. The fourth-order valence-corrected chi connectivity index (χ4v) is 5.17. The average Bonchev–Trinajstić information content (AvgIpc) is 3.38. The van der Waals surface area contributed by atoms with Crippen LogP contribution >= 0.6 is 24.0 Å². The van der Waals surface area contributed by atoms with Crippen LogP contribution in [-0.4, -0.2) is 50.3 Å². The maximum Gasteiger partial charge on any atom is 0.267 e. The molecule has 1 amide bonds. The summed E-state index contributed by atoms with van der Waals surface area (Å²) in [5, 5.41) is 3.29. The molecule has 2 saturated heterocycles. The van der Waals surface area contributed by atoms with Crippen LogP contribution < -0.4 is 10.9 Å². The number of aryl methyl sites for hydroxylation is 1. The highest BCUT2D eigenvalue weighted by atomic mass is 32.2. The maximum absolute atomic E-state index is 13.4. The van der Waals surface area contributed by atoms with E-state index < -0.39 is 0 Å². The zero-order valence-electron chi connectivity index (χ0n) is 18.4. The summed E-state index contributed by atoms with van der Waals surface area (Å²) in [7, 11) is 0. The van der Waals surface area contributed by atoms with Gasteiger partial charge in [0.25, 0.3) is 11.5 Å². The van der Waals surface area contributed by atoms with Crippen molar-refractivity contribution in [2.75, 3.05) is 25.0 Å². The molecule has 0 bridgehead atoms. The SMILES string of the molecule is CCCCCN1C(=O)/C(=C\c2c(NCC3CCCO3)nc3ccc(C)cn3c2=O)SC1=S. The first-order valence-corrected chi connectivity index (χ1v) is 12.3. The Hall–Kier alpha value is -2.23. The molecule has 0 saturated carbocycles. The number of nitrogens with one attached hydrogen (secondary N) is 1. The van der Waals surface area contributed by atoms with Crippen molar-refractivity contribution in [2.45, 2.75) is 52.1 Å². The standard InChI is InChI=1S/C23H28N4O3S2/c1-3-4-5-10-26-22(29)18(32-23(26)31)12-17-20(24-13-16-7-6-11-30-16)25-19-9-8-15(2)14-27(19)21(17)28/h8-9,12,14,16,24H,3-7,10-11,13H2,1-2H3/b18-12+. The van der Waals surface area contributed by atoms with Crippen LogP contribution in [-0.2, 0) is 9.53 Å². The molecule has 32 heavy (non-hydrogen) atoms. The number of carbonyl (C=O) groups is 1. The molecule has 0 aliphatic carbocycles. The lowest BCUT2D eigenvalue weighted by atomic mass is 10.2. The zero-order valence-corrected chi connectivity index (χ0v) is 20.1. The molecule has 2 aliphatic rings. The van der Waals surface area contributed by atoms with Gasteiger partial charge in [0.2, 0.25) is 0 Å². The third-order valence-corrected chi connectivity index (χ3v) is 7.04. The van der Waals surface area contributed by atoms with Gasteiger partial charge in [0.15, 0.2) is 0 Å². The minimum absolute atomic E-state index is 0.0953. The summed E-state index contributed by atoms with van der Waals surface area (Å²) >= 11 is 6.68. The highest BCUT2D eigenvalue weighted by molar-refractivity contribution is 8.26. The van der Waals surface area contributed by atoms with Gasteiger partial charge in [-0.25, -0.2) is 4.98 Å². The summed E-state index contributed by atoms with van der Waals surface area (Å²) in [4.78, 5) is 33.2. The van der Waals surface area contributed by atoms with E-state index >= 15 is 0 Å². The minimum Gasteiger partial charge on any atom is -0.376 e. The summed E-state index contributed by atoms with van der Waals surface area (Å²) in [6.07, 6.45) is 8.54. The Kier molecular flexibility index (Phi) is 7.27. The largest absolute Gasteiger partial charge is 0.376 e. The number of thiocarbonyl (C=S) groups is 1. The van der Waals surface area contributed by atoms with Crippen molar-refractivity contribution in [1.29, 1.82) is 0 Å². The molecule has 1 N–H and O–H groups in total. The van der Waals surface area contributed by atoms with Crippen molar-refractivity contribution in [3.63, 3.8) is 0 Å². The van der Waals surface area contributed by atoms with Crippen LogP contribution in [0, 0.1) is 6.92 Å². The first kappa shape index (κ1) is 22.9. The molecule has 9 heteroatoms. The third kappa shape index (κ3) is 4.89. The van der Waals surface area contributed by atoms with Gasteiger partial charge in [-0.3, -0.25) is 18.9 Å². The van der Waals surface area contributed by atoms with Gasteiger partial charge in [0.05, 0.1) is 16.6 Å². The van der Waals surface area contributed by atoms with Gasteiger partial charge < -0.3 is 10.1 Å². The Morgan fingerprint density at radius 2 is 2.19 bits per heavy atom. The van der Waals surface area contributed by atoms with E-state index in [0.717, 1.165) is 44.3 Å². The molecule has 4 rings (SSSR count). The van der Waals surface area contributed by atoms with E-state index in [0.29, 0.717) is 39.3 Å². The number of nitrogens with zero attached hydrogens (tertiary/aromatic N) is 3.